The Labute approximate surface area is 135 Å². The molecule has 0 saturated carbocycles. The Balaban J connectivity index is 1.89. The fourth-order valence-corrected chi connectivity index (χ4v) is 3.66. The van der Waals surface area contributed by atoms with Gasteiger partial charge in [0.1, 0.15) is 5.82 Å². The third-order valence-corrected chi connectivity index (χ3v) is 5.05. The van der Waals surface area contributed by atoms with E-state index in [0.717, 1.165) is 20.5 Å². The summed E-state index contributed by atoms with van der Waals surface area (Å²) in [6, 6.07) is 11.7. The van der Waals surface area contributed by atoms with Crippen LogP contribution in [0.15, 0.2) is 42.5 Å². The van der Waals surface area contributed by atoms with Gasteiger partial charge in [-0.25, -0.2) is 4.39 Å². The molecule has 1 heterocycles. The van der Waals surface area contributed by atoms with Crippen LogP contribution in [0.25, 0.3) is 10.1 Å². The van der Waals surface area contributed by atoms with E-state index in [2.05, 4.69) is 0 Å². The van der Waals surface area contributed by atoms with Crippen molar-refractivity contribution in [3.05, 3.63) is 68.8 Å². The van der Waals surface area contributed by atoms with E-state index in [9.17, 15) is 9.50 Å². The van der Waals surface area contributed by atoms with Crippen LogP contribution in [0.3, 0.4) is 0 Å². The zero-order valence-corrected chi connectivity index (χ0v) is 13.1. The maximum Gasteiger partial charge on any atom is 0.124 e. The van der Waals surface area contributed by atoms with E-state index in [1.54, 1.807) is 24.3 Å². The number of thiophene rings is 1. The lowest BCUT2D eigenvalue weighted by Gasteiger charge is -2.10. The molecule has 0 spiro atoms. The largest absolute Gasteiger partial charge is 0.387 e. The summed E-state index contributed by atoms with van der Waals surface area (Å²) in [5.74, 6) is -0.275. The van der Waals surface area contributed by atoms with Crippen molar-refractivity contribution in [3.8, 4) is 0 Å². The van der Waals surface area contributed by atoms with Crippen LogP contribution in [0, 0.1) is 5.82 Å². The minimum atomic E-state index is -0.693. The van der Waals surface area contributed by atoms with Crippen LogP contribution in [0.5, 0.6) is 0 Å². The Morgan fingerprint density at radius 2 is 1.90 bits per heavy atom. The van der Waals surface area contributed by atoms with Crippen LogP contribution < -0.4 is 0 Å². The smallest absolute Gasteiger partial charge is 0.124 e. The maximum absolute atomic E-state index is 13.2. The molecule has 0 aliphatic heterocycles. The van der Waals surface area contributed by atoms with E-state index < -0.39 is 6.10 Å². The molecule has 0 radical (unpaired) electrons. The highest BCUT2D eigenvalue weighted by Gasteiger charge is 2.14. The Kier molecular flexibility index (Phi) is 4.18. The predicted molar refractivity (Wildman–Crippen MR) is 86.9 cm³/mol. The van der Waals surface area contributed by atoms with Crippen molar-refractivity contribution in [2.45, 2.75) is 12.5 Å². The molecule has 21 heavy (non-hydrogen) atoms. The highest BCUT2D eigenvalue weighted by Crippen LogP contribution is 2.33. The van der Waals surface area contributed by atoms with Gasteiger partial charge in [0, 0.05) is 26.0 Å². The number of benzene rings is 2. The topological polar surface area (TPSA) is 20.2 Å². The second-order valence-electron chi connectivity index (χ2n) is 4.79. The van der Waals surface area contributed by atoms with Crippen LogP contribution in [0.1, 0.15) is 16.5 Å². The monoisotopic (exact) mass is 340 g/mol. The number of rotatable bonds is 3. The molecule has 3 rings (SSSR count). The summed E-state index contributed by atoms with van der Waals surface area (Å²) in [6.07, 6.45) is -0.323. The number of fused-ring (bicyclic) bond motifs is 1. The van der Waals surface area contributed by atoms with Crippen molar-refractivity contribution in [2.75, 3.05) is 0 Å². The zero-order valence-electron chi connectivity index (χ0n) is 10.8. The summed E-state index contributed by atoms with van der Waals surface area (Å²) in [7, 11) is 0. The van der Waals surface area contributed by atoms with Crippen LogP contribution in [0.4, 0.5) is 4.39 Å². The minimum Gasteiger partial charge on any atom is -0.387 e. The Morgan fingerprint density at radius 3 is 2.71 bits per heavy atom. The molecule has 1 nitrogen and oxygen atoms in total. The first-order chi connectivity index (χ1) is 10.0. The van der Waals surface area contributed by atoms with E-state index in [4.69, 9.17) is 23.2 Å². The standard InChI is InChI=1S/C16H11Cl2FOS/c17-11-2-4-13(18)10(5-11)6-14(20)16-7-9-1-3-12(19)8-15(9)21-16/h1-5,7-8,14,20H,6H2. The first kappa shape index (κ1) is 14.8. The summed E-state index contributed by atoms with van der Waals surface area (Å²) in [6.45, 7) is 0. The summed E-state index contributed by atoms with van der Waals surface area (Å²) >= 11 is 13.4. The third kappa shape index (κ3) is 3.22. The molecule has 108 valence electrons. The van der Waals surface area contributed by atoms with Gasteiger partial charge < -0.3 is 5.11 Å². The summed E-state index contributed by atoms with van der Waals surface area (Å²) in [4.78, 5) is 0.784. The van der Waals surface area contributed by atoms with Crippen molar-refractivity contribution in [1.82, 2.24) is 0 Å². The number of hydrogen-bond acceptors (Lipinski definition) is 2. The van der Waals surface area contributed by atoms with Gasteiger partial charge in [-0.15, -0.1) is 11.3 Å². The summed E-state index contributed by atoms with van der Waals surface area (Å²) in [5.41, 5.74) is 0.792. The fraction of sp³-hybridized carbons (Fsp3) is 0.125. The SMILES string of the molecule is OC(Cc1cc(Cl)ccc1Cl)c1cc2ccc(F)cc2s1. The Morgan fingerprint density at radius 1 is 1.10 bits per heavy atom. The van der Waals surface area contributed by atoms with Gasteiger partial charge in [-0.05, 0) is 47.3 Å². The van der Waals surface area contributed by atoms with Gasteiger partial charge in [-0.3, -0.25) is 0 Å². The number of aliphatic hydroxyl groups excluding tert-OH is 1. The number of aliphatic hydroxyl groups is 1. The quantitative estimate of drug-likeness (QED) is 0.655. The molecule has 0 aliphatic rings. The third-order valence-electron chi connectivity index (χ3n) is 3.25. The summed E-state index contributed by atoms with van der Waals surface area (Å²) < 4.78 is 14.0. The molecule has 1 unspecified atom stereocenters. The lowest BCUT2D eigenvalue weighted by Crippen LogP contribution is -2.00. The Bertz CT molecular complexity index is 800. The molecule has 5 heteroatoms. The van der Waals surface area contributed by atoms with Crippen LogP contribution >= 0.6 is 34.5 Å². The van der Waals surface area contributed by atoms with Crippen molar-refractivity contribution < 1.29 is 9.50 Å². The van der Waals surface area contributed by atoms with Gasteiger partial charge in [0.25, 0.3) is 0 Å². The molecule has 0 aliphatic carbocycles. The van der Waals surface area contributed by atoms with Crippen LogP contribution in [-0.4, -0.2) is 5.11 Å². The lowest BCUT2D eigenvalue weighted by atomic mass is 10.1. The average Bonchev–Trinajstić information content (AvgIpc) is 2.86. The molecule has 0 amide bonds. The van der Waals surface area contributed by atoms with E-state index in [1.165, 1.54) is 23.5 Å². The van der Waals surface area contributed by atoms with E-state index in [1.807, 2.05) is 6.07 Å². The molecule has 1 atom stereocenters. The molecular formula is C16H11Cl2FOS. The fourth-order valence-electron chi connectivity index (χ4n) is 2.20. The van der Waals surface area contributed by atoms with Crippen molar-refractivity contribution in [2.24, 2.45) is 0 Å². The molecule has 3 aromatic rings. The summed E-state index contributed by atoms with van der Waals surface area (Å²) in [5, 5.41) is 12.5. The number of halogens is 3. The maximum atomic E-state index is 13.2. The van der Waals surface area contributed by atoms with Gasteiger partial charge in [-0.1, -0.05) is 29.3 Å². The van der Waals surface area contributed by atoms with Crippen molar-refractivity contribution in [1.29, 1.82) is 0 Å². The average molecular weight is 341 g/mol. The first-order valence-electron chi connectivity index (χ1n) is 6.34. The molecule has 2 aromatic carbocycles. The second kappa shape index (κ2) is 5.93. The van der Waals surface area contributed by atoms with Crippen LogP contribution in [0.2, 0.25) is 10.0 Å². The van der Waals surface area contributed by atoms with E-state index in [-0.39, 0.29) is 5.82 Å². The van der Waals surface area contributed by atoms with E-state index in [0.29, 0.717) is 16.5 Å². The number of hydrogen-bond donors (Lipinski definition) is 1. The van der Waals surface area contributed by atoms with Crippen molar-refractivity contribution in [3.63, 3.8) is 0 Å². The van der Waals surface area contributed by atoms with Gasteiger partial charge in [-0.2, -0.15) is 0 Å². The molecule has 0 saturated heterocycles. The van der Waals surface area contributed by atoms with Gasteiger partial charge >= 0.3 is 0 Å². The normalized spacial score (nSPS) is 12.8. The zero-order chi connectivity index (χ0) is 15.0. The van der Waals surface area contributed by atoms with Gasteiger partial charge in [0.05, 0.1) is 6.10 Å². The Hall–Kier alpha value is -1.13. The highest BCUT2D eigenvalue weighted by atomic mass is 35.5. The first-order valence-corrected chi connectivity index (χ1v) is 7.91. The molecule has 0 bridgehead atoms. The van der Waals surface area contributed by atoms with Gasteiger partial charge in [0.2, 0.25) is 0 Å². The molecule has 0 fully saturated rings. The molecule has 1 aromatic heterocycles. The second-order valence-corrected chi connectivity index (χ2v) is 6.75. The van der Waals surface area contributed by atoms with Gasteiger partial charge in [0.15, 0.2) is 0 Å². The lowest BCUT2D eigenvalue weighted by molar-refractivity contribution is 0.182. The molecular weight excluding hydrogens is 330 g/mol. The predicted octanol–water partition coefficient (Wildman–Crippen LogP) is 5.62. The van der Waals surface area contributed by atoms with E-state index >= 15 is 0 Å². The van der Waals surface area contributed by atoms with Crippen LogP contribution in [-0.2, 0) is 6.42 Å². The molecule has 1 N–H and O–H groups in total. The van der Waals surface area contributed by atoms with Crippen molar-refractivity contribution >= 4 is 44.6 Å². The highest BCUT2D eigenvalue weighted by molar-refractivity contribution is 7.19. The minimum absolute atomic E-state index is 0.275.